The Kier molecular flexibility index (Phi) is 4.48. The zero-order chi connectivity index (χ0) is 14.7. The van der Waals surface area contributed by atoms with Gasteiger partial charge in [0.1, 0.15) is 10.3 Å². The average molecular weight is 348 g/mol. The maximum atomic E-state index is 12.6. The predicted molar refractivity (Wildman–Crippen MR) is 72.9 cm³/mol. The van der Waals surface area contributed by atoms with Crippen molar-refractivity contribution in [2.75, 3.05) is 11.9 Å². The molecule has 0 aliphatic rings. The van der Waals surface area contributed by atoms with Crippen LogP contribution in [0.3, 0.4) is 0 Å². The summed E-state index contributed by atoms with van der Waals surface area (Å²) in [7, 11) is 1.54. The number of imidazole rings is 1. The van der Waals surface area contributed by atoms with Crippen LogP contribution in [0.1, 0.15) is 12.4 Å². The van der Waals surface area contributed by atoms with E-state index in [0.717, 1.165) is 4.57 Å². The van der Waals surface area contributed by atoms with Crippen molar-refractivity contribution < 1.29 is 8.78 Å². The van der Waals surface area contributed by atoms with Gasteiger partial charge >= 0.3 is 6.55 Å². The molecule has 0 spiro atoms. The second-order valence-corrected chi connectivity index (χ2v) is 4.80. The van der Waals surface area contributed by atoms with E-state index in [2.05, 4.69) is 31.3 Å². The highest BCUT2D eigenvalue weighted by molar-refractivity contribution is 9.10. The summed E-state index contributed by atoms with van der Waals surface area (Å²) in [5.74, 6) is 0.278. The van der Waals surface area contributed by atoms with Crippen LogP contribution in [-0.4, -0.2) is 25.9 Å². The first kappa shape index (κ1) is 14.6. The molecular weight excluding hydrogens is 336 g/mol. The highest BCUT2D eigenvalue weighted by Crippen LogP contribution is 2.16. The van der Waals surface area contributed by atoms with Crippen LogP contribution in [0.4, 0.5) is 14.5 Å². The molecule has 0 saturated heterocycles. The number of hydrogen-bond donors (Lipinski definition) is 1. The maximum Gasteiger partial charge on any atom is 0.319 e. The first-order chi connectivity index (χ1) is 9.50. The highest BCUT2D eigenvalue weighted by atomic mass is 79.9. The lowest BCUT2D eigenvalue weighted by Gasteiger charge is -2.09. The van der Waals surface area contributed by atoms with Crippen LogP contribution < -0.4 is 10.9 Å². The third kappa shape index (κ3) is 3.03. The van der Waals surface area contributed by atoms with E-state index in [1.165, 1.54) is 30.3 Å². The molecule has 0 aromatic carbocycles. The van der Waals surface area contributed by atoms with Crippen LogP contribution in [-0.2, 0) is 13.5 Å². The Morgan fingerprint density at radius 2 is 2.25 bits per heavy atom. The Balaban J connectivity index is 2.02. The standard InChI is InChI=1S/C11H12BrF2N5O/c1-18-10(20)9(12)7(6-17-18)15-3-2-8-16-4-5-19(8)11(13)14/h4-6,11,15H,2-3H2,1H3. The van der Waals surface area contributed by atoms with Gasteiger partial charge < -0.3 is 5.32 Å². The SMILES string of the molecule is Cn1ncc(NCCc2nccn2C(F)F)c(Br)c1=O. The van der Waals surface area contributed by atoms with E-state index in [-0.39, 0.29) is 11.4 Å². The monoisotopic (exact) mass is 347 g/mol. The van der Waals surface area contributed by atoms with Gasteiger partial charge in [-0.05, 0) is 15.9 Å². The van der Waals surface area contributed by atoms with Crippen LogP contribution in [0.15, 0.2) is 27.9 Å². The van der Waals surface area contributed by atoms with Gasteiger partial charge in [0.15, 0.2) is 0 Å². The van der Waals surface area contributed by atoms with Gasteiger partial charge in [-0.3, -0.25) is 9.36 Å². The fourth-order valence-electron chi connectivity index (χ4n) is 1.66. The number of nitrogens with zero attached hydrogens (tertiary/aromatic N) is 4. The second-order valence-electron chi connectivity index (χ2n) is 4.01. The summed E-state index contributed by atoms with van der Waals surface area (Å²) >= 11 is 3.17. The van der Waals surface area contributed by atoms with Crippen molar-refractivity contribution in [2.45, 2.75) is 13.0 Å². The van der Waals surface area contributed by atoms with Gasteiger partial charge in [-0.1, -0.05) is 0 Å². The second kappa shape index (κ2) is 6.12. The van der Waals surface area contributed by atoms with Crippen molar-refractivity contribution >= 4 is 21.6 Å². The lowest BCUT2D eigenvalue weighted by molar-refractivity contribution is 0.0671. The summed E-state index contributed by atoms with van der Waals surface area (Å²) < 4.78 is 27.6. The number of nitrogens with one attached hydrogen (secondary N) is 1. The molecule has 0 amide bonds. The van der Waals surface area contributed by atoms with Crippen LogP contribution in [0, 0.1) is 0 Å². The van der Waals surface area contributed by atoms with Gasteiger partial charge in [0.25, 0.3) is 5.56 Å². The van der Waals surface area contributed by atoms with Gasteiger partial charge in [0.2, 0.25) is 0 Å². The van der Waals surface area contributed by atoms with E-state index in [1.54, 1.807) is 0 Å². The number of anilines is 1. The smallest absolute Gasteiger partial charge is 0.319 e. The van der Waals surface area contributed by atoms with Crippen LogP contribution in [0.5, 0.6) is 0 Å². The van der Waals surface area contributed by atoms with E-state index in [9.17, 15) is 13.6 Å². The normalized spacial score (nSPS) is 11.1. The topological polar surface area (TPSA) is 64.7 Å². The fourth-order valence-corrected chi connectivity index (χ4v) is 2.16. The summed E-state index contributed by atoms with van der Waals surface area (Å²) in [6.07, 6.45) is 4.36. The molecule has 2 aromatic heterocycles. The minimum absolute atomic E-state index is 0.274. The first-order valence-corrected chi connectivity index (χ1v) is 6.55. The third-order valence-electron chi connectivity index (χ3n) is 2.70. The van der Waals surface area contributed by atoms with Gasteiger partial charge in [-0.25, -0.2) is 9.67 Å². The molecule has 108 valence electrons. The van der Waals surface area contributed by atoms with E-state index < -0.39 is 6.55 Å². The summed E-state index contributed by atoms with van der Waals surface area (Å²) in [6.45, 7) is -2.25. The first-order valence-electron chi connectivity index (χ1n) is 5.76. The lowest BCUT2D eigenvalue weighted by Crippen LogP contribution is -2.22. The Morgan fingerprint density at radius 1 is 1.50 bits per heavy atom. The molecule has 0 unspecified atom stereocenters. The summed E-state index contributed by atoms with van der Waals surface area (Å²) in [6, 6.07) is 0. The number of halogens is 3. The summed E-state index contributed by atoms with van der Waals surface area (Å²) in [4.78, 5) is 15.5. The molecule has 0 aliphatic carbocycles. The molecule has 2 heterocycles. The third-order valence-corrected chi connectivity index (χ3v) is 3.47. The Morgan fingerprint density at radius 3 is 2.95 bits per heavy atom. The van der Waals surface area contributed by atoms with Crippen LogP contribution in [0.25, 0.3) is 0 Å². The van der Waals surface area contributed by atoms with Crippen molar-refractivity contribution in [1.82, 2.24) is 19.3 Å². The molecule has 2 rings (SSSR count). The maximum absolute atomic E-state index is 12.6. The lowest BCUT2D eigenvalue weighted by atomic mass is 10.3. The molecule has 0 saturated carbocycles. The number of alkyl halides is 2. The molecule has 0 aliphatic heterocycles. The summed E-state index contributed by atoms with van der Waals surface area (Å²) in [5.41, 5.74) is 0.243. The molecule has 20 heavy (non-hydrogen) atoms. The molecule has 0 fully saturated rings. The number of aromatic nitrogens is 4. The molecular formula is C11H12BrF2N5O. The van der Waals surface area contributed by atoms with Crippen LogP contribution >= 0.6 is 15.9 Å². The fraction of sp³-hybridized carbons (Fsp3) is 0.364. The molecule has 1 N–H and O–H groups in total. The van der Waals surface area contributed by atoms with Gasteiger partial charge in [-0.2, -0.15) is 13.9 Å². The van der Waals surface area contributed by atoms with Gasteiger partial charge in [0, 0.05) is 32.4 Å². The largest absolute Gasteiger partial charge is 0.382 e. The minimum Gasteiger partial charge on any atom is -0.382 e. The molecule has 0 atom stereocenters. The van der Waals surface area contributed by atoms with E-state index >= 15 is 0 Å². The Bertz CT molecular complexity index is 655. The van der Waals surface area contributed by atoms with E-state index in [1.807, 2.05) is 0 Å². The molecule has 0 bridgehead atoms. The Hall–Kier alpha value is -1.77. The number of aryl methyl sites for hydroxylation is 1. The van der Waals surface area contributed by atoms with Crippen molar-refractivity contribution in [1.29, 1.82) is 0 Å². The number of hydrogen-bond acceptors (Lipinski definition) is 4. The van der Waals surface area contributed by atoms with Crippen molar-refractivity contribution in [3.05, 3.63) is 39.2 Å². The quantitative estimate of drug-likeness (QED) is 0.895. The average Bonchev–Trinajstić information content (AvgIpc) is 2.87. The predicted octanol–water partition coefficient (Wildman–Crippen LogP) is 1.79. The zero-order valence-corrected chi connectivity index (χ0v) is 12.1. The molecule has 9 heteroatoms. The highest BCUT2D eigenvalue weighted by Gasteiger charge is 2.11. The van der Waals surface area contributed by atoms with Gasteiger partial charge in [0.05, 0.1) is 11.9 Å². The number of rotatable bonds is 5. The van der Waals surface area contributed by atoms with Gasteiger partial charge in [-0.15, -0.1) is 0 Å². The summed E-state index contributed by atoms with van der Waals surface area (Å²) in [5, 5.41) is 6.84. The Labute approximate surface area is 121 Å². The van der Waals surface area contributed by atoms with Crippen molar-refractivity contribution in [3.8, 4) is 0 Å². The van der Waals surface area contributed by atoms with Crippen molar-refractivity contribution in [2.24, 2.45) is 7.05 Å². The molecule has 6 nitrogen and oxygen atoms in total. The van der Waals surface area contributed by atoms with E-state index in [4.69, 9.17) is 0 Å². The molecule has 0 radical (unpaired) electrons. The van der Waals surface area contributed by atoms with E-state index in [0.29, 0.717) is 23.1 Å². The van der Waals surface area contributed by atoms with Crippen molar-refractivity contribution in [3.63, 3.8) is 0 Å². The zero-order valence-electron chi connectivity index (χ0n) is 10.6. The van der Waals surface area contributed by atoms with Crippen LogP contribution in [0.2, 0.25) is 0 Å². The minimum atomic E-state index is -2.61. The molecule has 2 aromatic rings.